The molecule has 0 aliphatic carbocycles. The fraction of sp³-hybridized carbons (Fsp3) is 0.133. The van der Waals surface area contributed by atoms with Gasteiger partial charge in [-0.15, -0.1) is 11.3 Å². The molecule has 0 unspecified atom stereocenters. The van der Waals surface area contributed by atoms with Crippen molar-refractivity contribution in [2.75, 3.05) is 18.5 Å². The predicted octanol–water partition coefficient (Wildman–Crippen LogP) is 4.02. The second-order valence-electron chi connectivity index (χ2n) is 4.36. The molecule has 0 radical (unpaired) electrons. The first kappa shape index (κ1) is 13.4. The van der Waals surface area contributed by atoms with E-state index < -0.39 is 0 Å². The number of hydrogen-bond donors (Lipinski definition) is 2. The van der Waals surface area contributed by atoms with Crippen molar-refractivity contribution in [2.45, 2.75) is 0 Å². The van der Waals surface area contributed by atoms with Gasteiger partial charge in [0.05, 0.1) is 16.8 Å². The van der Waals surface area contributed by atoms with Gasteiger partial charge in [-0.05, 0) is 42.5 Å². The van der Waals surface area contributed by atoms with Crippen molar-refractivity contribution < 1.29 is 5.11 Å². The molecule has 0 spiro atoms. The Labute approximate surface area is 125 Å². The zero-order valence-electron chi connectivity index (χ0n) is 10.6. The quantitative estimate of drug-likeness (QED) is 0.765. The molecule has 2 aromatic carbocycles. The monoisotopic (exact) mass is 304 g/mol. The molecule has 0 fully saturated rings. The van der Waals surface area contributed by atoms with Crippen molar-refractivity contribution in [1.82, 2.24) is 4.98 Å². The molecule has 2 N–H and O–H groups in total. The first-order valence-corrected chi connectivity index (χ1v) is 7.47. The van der Waals surface area contributed by atoms with E-state index in [2.05, 4.69) is 10.3 Å². The molecule has 5 heteroatoms. The molecule has 0 amide bonds. The number of aromatic nitrogens is 1. The topological polar surface area (TPSA) is 45.1 Å². The smallest absolute Gasteiger partial charge is 0.124 e. The molecular formula is C15H13ClN2OS. The van der Waals surface area contributed by atoms with E-state index in [4.69, 9.17) is 16.7 Å². The second-order valence-corrected chi connectivity index (χ2v) is 5.83. The third-order valence-electron chi connectivity index (χ3n) is 2.92. The summed E-state index contributed by atoms with van der Waals surface area (Å²) in [4.78, 5) is 4.62. The number of thiazole rings is 1. The number of anilines is 1. The number of nitrogens with one attached hydrogen (secondary N) is 1. The number of aliphatic hydroxyl groups excluding tert-OH is 1. The van der Waals surface area contributed by atoms with Gasteiger partial charge in [-0.1, -0.05) is 11.6 Å². The number of benzene rings is 2. The van der Waals surface area contributed by atoms with Gasteiger partial charge in [0.15, 0.2) is 0 Å². The van der Waals surface area contributed by atoms with E-state index in [1.165, 1.54) is 0 Å². The summed E-state index contributed by atoms with van der Waals surface area (Å²) in [7, 11) is 0. The van der Waals surface area contributed by atoms with Crippen molar-refractivity contribution in [3.8, 4) is 10.6 Å². The molecular weight excluding hydrogens is 292 g/mol. The van der Waals surface area contributed by atoms with Crippen LogP contribution in [0.5, 0.6) is 0 Å². The van der Waals surface area contributed by atoms with E-state index in [1.54, 1.807) is 11.3 Å². The standard InChI is InChI=1S/C15H13ClN2OS/c16-11-3-6-13-14(9-11)20-15(18-13)10-1-4-12(5-2-10)17-7-8-19/h1-6,9,17,19H,7-8H2. The van der Waals surface area contributed by atoms with E-state index in [1.807, 2.05) is 42.5 Å². The Bertz CT molecular complexity index is 724. The number of nitrogens with zero attached hydrogens (tertiary/aromatic N) is 1. The van der Waals surface area contributed by atoms with Gasteiger partial charge in [-0.3, -0.25) is 0 Å². The maximum atomic E-state index is 8.78. The van der Waals surface area contributed by atoms with Crippen LogP contribution < -0.4 is 5.32 Å². The van der Waals surface area contributed by atoms with Crippen LogP contribution in [0, 0.1) is 0 Å². The predicted molar refractivity (Wildman–Crippen MR) is 85.6 cm³/mol. The fourth-order valence-electron chi connectivity index (χ4n) is 1.95. The molecule has 102 valence electrons. The molecule has 0 saturated heterocycles. The molecule has 1 aromatic heterocycles. The summed E-state index contributed by atoms with van der Waals surface area (Å²) in [6.07, 6.45) is 0. The van der Waals surface area contributed by atoms with E-state index in [9.17, 15) is 0 Å². The molecule has 0 saturated carbocycles. The molecule has 1 heterocycles. The Hall–Kier alpha value is -1.62. The summed E-state index contributed by atoms with van der Waals surface area (Å²) in [5.74, 6) is 0. The van der Waals surface area contributed by atoms with Crippen molar-refractivity contribution in [2.24, 2.45) is 0 Å². The largest absolute Gasteiger partial charge is 0.395 e. The van der Waals surface area contributed by atoms with E-state index in [0.29, 0.717) is 6.54 Å². The number of rotatable bonds is 4. The number of halogens is 1. The van der Waals surface area contributed by atoms with Crippen LogP contribution in [-0.4, -0.2) is 23.2 Å². The van der Waals surface area contributed by atoms with Crippen LogP contribution in [0.3, 0.4) is 0 Å². The van der Waals surface area contributed by atoms with Crippen LogP contribution in [0.4, 0.5) is 5.69 Å². The summed E-state index contributed by atoms with van der Waals surface area (Å²) < 4.78 is 1.09. The Morgan fingerprint density at radius 1 is 1.15 bits per heavy atom. The van der Waals surface area contributed by atoms with Crippen LogP contribution in [0.1, 0.15) is 0 Å². The van der Waals surface area contributed by atoms with Gasteiger partial charge in [0, 0.05) is 22.8 Å². The first-order chi connectivity index (χ1) is 9.76. The maximum Gasteiger partial charge on any atom is 0.124 e. The Morgan fingerprint density at radius 3 is 2.70 bits per heavy atom. The minimum absolute atomic E-state index is 0.125. The van der Waals surface area contributed by atoms with Crippen LogP contribution >= 0.6 is 22.9 Å². The Morgan fingerprint density at radius 2 is 1.95 bits per heavy atom. The minimum atomic E-state index is 0.125. The highest BCUT2D eigenvalue weighted by molar-refractivity contribution is 7.21. The van der Waals surface area contributed by atoms with Gasteiger partial charge in [0.25, 0.3) is 0 Å². The van der Waals surface area contributed by atoms with Crippen LogP contribution in [-0.2, 0) is 0 Å². The highest BCUT2D eigenvalue weighted by atomic mass is 35.5. The fourth-order valence-corrected chi connectivity index (χ4v) is 3.20. The lowest BCUT2D eigenvalue weighted by molar-refractivity contribution is 0.311. The molecule has 3 aromatic rings. The molecule has 0 aliphatic heterocycles. The molecule has 3 rings (SSSR count). The molecule has 0 aliphatic rings. The molecule has 0 bridgehead atoms. The van der Waals surface area contributed by atoms with Gasteiger partial charge in [-0.2, -0.15) is 0 Å². The lowest BCUT2D eigenvalue weighted by atomic mass is 10.2. The lowest BCUT2D eigenvalue weighted by Crippen LogP contribution is -2.04. The Balaban J connectivity index is 1.90. The van der Waals surface area contributed by atoms with Gasteiger partial charge < -0.3 is 10.4 Å². The summed E-state index contributed by atoms with van der Waals surface area (Å²) in [5, 5.41) is 13.6. The van der Waals surface area contributed by atoms with Gasteiger partial charge in [0.1, 0.15) is 5.01 Å². The van der Waals surface area contributed by atoms with Gasteiger partial charge in [0.2, 0.25) is 0 Å². The average molecular weight is 305 g/mol. The first-order valence-electron chi connectivity index (χ1n) is 6.27. The zero-order chi connectivity index (χ0) is 13.9. The minimum Gasteiger partial charge on any atom is -0.395 e. The highest BCUT2D eigenvalue weighted by Crippen LogP contribution is 2.32. The van der Waals surface area contributed by atoms with Crippen LogP contribution in [0.25, 0.3) is 20.8 Å². The van der Waals surface area contributed by atoms with Crippen molar-refractivity contribution in [1.29, 1.82) is 0 Å². The van der Waals surface area contributed by atoms with E-state index in [0.717, 1.165) is 31.5 Å². The Kier molecular flexibility index (Phi) is 3.87. The number of aliphatic hydroxyl groups is 1. The van der Waals surface area contributed by atoms with E-state index >= 15 is 0 Å². The maximum absolute atomic E-state index is 8.78. The van der Waals surface area contributed by atoms with Crippen LogP contribution in [0.15, 0.2) is 42.5 Å². The second kappa shape index (κ2) is 5.79. The molecule has 20 heavy (non-hydrogen) atoms. The normalized spacial score (nSPS) is 10.9. The number of hydrogen-bond acceptors (Lipinski definition) is 4. The van der Waals surface area contributed by atoms with Crippen molar-refractivity contribution >= 4 is 38.8 Å². The van der Waals surface area contributed by atoms with Gasteiger partial charge >= 0.3 is 0 Å². The summed E-state index contributed by atoms with van der Waals surface area (Å²) in [6.45, 7) is 0.680. The van der Waals surface area contributed by atoms with Crippen molar-refractivity contribution in [3.05, 3.63) is 47.5 Å². The highest BCUT2D eigenvalue weighted by Gasteiger charge is 2.06. The van der Waals surface area contributed by atoms with Crippen LogP contribution in [0.2, 0.25) is 5.02 Å². The molecule has 0 atom stereocenters. The third-order valence-corrected chi connectivity index (χ3v) is 4.23. The van der Waals surface area contributed by atoms with E-state index in [-0.39, 0.29) is 6.61 Å². The summed E-state index contributed by atoms with van der Waals surface area (Å²) >= 11 is 7.63. The lowest BCUT2D eigenvalue weighted by Gasteiger charge is -2.04. The SMILES string of the molecule is OCCNc1ccc(-c2nc3ccc(Cl)cc3s2)cc1. The average Bonchev–Trinajstić information content (AvgIpc) is 2.88. The molecule has 3 nitrogen and oxygen atoms in total. The van der Waals surface area contributed by atoms with Crippen molar-refractivity contribution in [3.63, 3.8) is 0 Å². The number of fused-ring (bicyclic) bond motifs is 1. The third kappa shape index (κ3) is 2.77. The summed E-state index contributed by atoms with van der Waals surface area (Å²) in [6, 6.07) is 13.8. The zero-order valence-corrected chi connectivity index (χ0v) is 12.2. The summed E-state index contributed by atoms with van der Waals surface area (Å²) in [5.41, 5.74) is 3.04. The van der Waals surface area contributed by atoms with Gasteiger partial charge in [-0.25, -0.2) is 4.98 Å².